The number of carbonyl (C=O) groups is 1. The van der Waals surface area contributed by atoms with Crippen molar-refractivity contribution in [3.8, 4) is 0 Å². The molecular formula is C11H7BrF5NO. The number of hydrogen-bond donors (Lipinski definition) is 1. The van der Waals surface area contributed by atoms with Gasteiger partial charge in [0.1, 0.15) is 5.69 Å². The molecule has 1 fully saturated rings. The lowest BCUT2D eigenvalue weighted by atomic mass is 10.1. The number of rotatable bonds is 2. The molecule has 1 N–H and O–H groups in total. The second kappa shape index (κ2) is 4.43. The van der Waals surface area contributed by atoms with Gasteiger partial charge in [0.05, 0.1) is 5.41 Å². The normalized spacial score (nSPS) is 25.3. The summed E-state index contributed by atoms with van der Waals surface area (Å²) >= 11 is 3.14. The van der Waals surface area contributed by atoms with Crippen LogP contribution in [0, 0.1) is 34.5 Å². The lowest BCUT2D eigenvalue weighted by molar-refractivity contribution is -0.120. The number of hydrogen-bond acceptors (Lipinski definition) is 1. The van der Waals surface area contributed by atoms with E-state index in [1.807, 2.05) is 0 Å². The van der Waals surface area contributed by atoms with Gasteiger partial charge in [-0.2, -0.15) is 0 Å². The zero-order valence-corrected chi connectivity index (χ0v) is 11.0. The van der Waals surface area contributed by atoms with Crippen molar-refractivity contribution >= 4 is 27.5 Å². The van der Waals surface area contributed by atoms with Gasteiger partial charge in [-0.1, -0.05) is 15.9 Å². The summed E-state index contributed by atoms with van der Waals surface area (Å²) in [6.45, 7) is 1.51. The number of anilines is 1. The van der Waals surface area contributed by atoms with Crippen LogP contribution < -0.4 is 5.32 Å². The van der Waals surface area contributed by atoms with Crippen LogP contribution in [-0.2, 0) is 4.79 Å². The van der Waals surface area contributed by atoms with Crippen molar-refractivity contribution < 1.29 is 26.7 Å². The van der Waals surface area contributed by atoms with Gasteiger partial charge < -0.3 is 5.32 Å². The van der Waals surface area contributed by atoms with Gasteiger partial charge >= 0.3 is 0 Å². The second-order valence-electron chi connectivity index (χ2n) is 4.49. The molecule has 1 amide bonds. The molecule has 8 heteroatoms. The molecule has 1 aliphatic rings. The van der Waals surface area contributed by atoms with E-state index in [4.69, 9.17) is 0 Å². The van der Waals surface area contributed by atoms with E-state index in [2.05, 4.69) is 15.9 Å². The van der Waals surface area contributed by atoms with Crippen LogP contribution in [0.5, 0.6) is 0 Å². The molecule has 1 saturated carbocycles. The second-order valence-corrected chi connectivity index (χ2v) is 5.59. The first-order valence-corrected chi connectivity index (χ1v) is 6.08. The van der Waals surface area contributed by atoms with Crippen molar-refractivity contribution in [2.24, 2.45) is 5.41 Å². The summed E-state index contributed by atoms with van der Waals surface area (Å²) in [6.07, 6.45) is 0.411. The van der Waals surface area contributed by atoms with E-state index in [-0.39, 0.29) is 4.83 Å². The monoisotopic (exact) mass is 343 g/mol. The first-order valence-electron chi connectivity index (χ1n) is 5.17. The van der Waals surface area contributed by atoms with Crippen LogP contribution in [0.4, 0.5) is 27.6 Å². The number of alkyl halides is 1. The number of benzene rings is 1. The minimum atomic E-state index is -2.26. The van der Waals surface area contributed by atoms with Crippen LogP contribution in [0.25, 0.3) is 0 Å². The van der Waals surface area contributed by atoms with Gasteiger partial charge in [-0.3, -0.25) is 4.79 Å². The number of amides is 1. The van der Waals surface area contributed by atoms with Gasteiger partial charge in [-0.05, 0) is 13.3 Å². The fraction of sp³-hybridized carbons (Fsp3) is 0.364. The predicted molar refractivity (Wildman–Crippen MR) is 60.3 cm³/mol. The highest BCUT2D eigenvalue weighted by Gasteiger charge is 2.55. The van der Waals surface area contributed by atoms with Crippen molar-refractivity contribution in [1.82, 2.24) is 0 Å². The molecule has 1 aliphatic carbocycles. The summed E-state index contributed by atoms with van der Waals surface area (Å²) in [5.41, 5.74) is -2.24. The van der Waals surface area contributed by atoms with Crippen molar-refractivity contribution in [1.29, 1.82) is 0 Å². The summed E-state index contributed by atoms with van der Waals surface area (Å²) in [6, 6.07) is 0. The third-order valence-corrected chi connectivity index (χ3v) is 4.44. The Kier molecular flexibility index (Phi) is 3.32. The van der Waals surface area contributed by atoms with E-state index in [1.165, 1.54) is 6.92 Å². The molecule has 0 radical (unpaired) electrons. The molecule has 104 valence electrons. The van der Waals surface area contributed by atoms with Gasteiger partial charge in [0.15, 0.2) is 23.3 Å². The maximum atomic E-state index is 13.3. The molecule has 0 unspecified atom stereocenters. The van der Waals surface area contributed by atoms with Gasteiger partial charge in [-0.15, -0.1) is 0 Å². The van der Waals surface area contributed by atoms with Crippen molar-refractivity contribution in [2.75, 3.05) is 5.32 Å². The minimum Gasteiger partial charge on any atom is -0.320 e. The lowest BCUT2D eigenvalue weighted by Gasteiger charge is -2.13. The topological polar surface area (TPSA) is 29.1 Å². The van der Waals surface area contributed by atoms with E-state index in [9.17, 15) is 26.7 Å². The van der Waals surface area contributed by atoms with Crippen molar-refractivity contribution in [3.63, 3.8) is 0 Å². The highest BCUT2D eigenvalue weighted by Crippen LogP contribution is 2.51. The van der Waals surface area contributed by atoms with E-state index in [0.717, 1.165) is 0 Å². The maximum absolute atomic E-state index is 13.3. The van der Waals surface area contributed by atoms with E-state index in [1.54, 1.807) is 5.32 Å². The summed E-state index contributed by atoms with van der Waals surface area (Å²) in [5.74, 6) is -11.4. The van der Waals surface area contributed by atoms with Crippen molar-refractivity contribution in [2.45, 2.75) is 18.2 Å². The molecule has 19 heavy (non-hydrogen) atoms. The Morgan fingerprint density at radius 1 is 1.11 bits per heavy atom. The number of carbonyl (C=O) groups excluding carboxylic acids is 1. The first-order chi connectivity index (χ1) is 8.70. The molecule has 2 rings (SSSR count). The zero-order chi connectivity index (χ0) is 14.5. The molecule has 0 spiro atoms. The van der Waals surface area contributed by atoms with E-state index >= 15 is 0 Å². The van der Waals surface area contributed by atoms with Gasteiger partial charge in [0, 0.05) is 4.83 Å². The molecule has 0 bridgehead atoms. The third-order valence-electron chi connectivity index (χ3n) is 3.10. The Labute approximate surface area is 113 Å². The molecule has 0 heterocycles. The van der Waals surface area contributed by atoms with E-state index in [0.29, 0.717) is 6.42 Å². The van der Waals surface area contributed by atoms with Gasteiger partial charge in [-0.25, -0.2) is 22.0 Å². The Hall–Kier alpha value is -1.18. The molecule has 2 nitrogen and oxygen atoms in total. The average Bonchev–Trinajstić information content (AvgIpc) is 2.99. The Morgan fingerprint density at radius 2 is 1.47 bits per heavy atom. The van der Waals surface area contributed by atoms with Crippen LogP contribution in [-0.4, -0.2) is 10.7 Å². The van der Waals surface area contributed by atoms with Gasteiger partial charge in [0.2, 0.25) is 11.7 Å². The quantitative estimate of drug-likeness (QED) is 0.378. The molecule has 0 saturated heterocycles. The predicted octanol–water partition coefficient (Wildman–Crippen LogP) is 3.49. The standard InChI is InChI=1S/C11H7BrF5NO/c1-11(2-3(11)12)10(19)18-9-7(16)5(14)4(13)6(15)8(9)17/h3H,2H2,1H3,(H,18,19)/t3-,11-/m1/s1. The lowest BCUT2D eigenvalue weighted by Crippen LogP contribution is -2.25. The first kappa shape index (κ1) is 14.2. The summed E-state index contributed by atoms with van der Waals surface area (Å²) in [5, 5.41) is 1.75. The summed E-state index contributed by atoms with van der Waals surface area (Å²) in [7, 11) is 0. The minimum absolute atomic E-state index is 0.193. The Morgan fingerprint density at radius 3 is 1.84 bits per heavy atom. The molecule has 0 aromatic heterocycles. The number of halogens is 6. The van der Waals surface area contributed by atoms with E-state index < -0.39 is 46.1 Å². The Balaban J connectivity index is 2.39. The zero-order valence-electron chi connectivity index (χ0n) is 9.46. The van der Waals surface area contributed by atoms with Crippen LogP contribution >= 0.6 is 15.9 Å². The third kappa shape index (κ3) is 2.11. The SMILES string of the molecule is C[C@@]1(C(=O)Nc2c(F)c(F)c(F)c(F)c2F)C[C@H]1Br. The smallest absolute Gasteiger partial charge is 0.231 e. The van der Waals surface area contributed by atoms with Crippen LogP contribution in [0.15, 0.2) is 0 Å². The summed E-state index contributed by atoms with van der Waals surface area (Å²) in [4.78, 5) is 11.5. The Bertz CT molecular complexity index is 550. The van der Waals surface area contributed by atoms with Crippen molar-refractivity contribution in [3.05, 3.63) is 29.1 Å². The molecule has 2 atom stereocenters. The largest absolute Gasteiger partial charge is 0.320 e. The highest BCUT2D eigenvalue weighted by atomic mass is 79.9. The average molecular weight is 344 g/mol. The van der Waals surface area contributed by atoms with Crippen LogP contribution in [0.3, 0.4) is 0 Å². The number of nitrogens with one attached hydrogen (secondary N) is 1. The fourth-order valence-electron chi connectivity index (χ4n) is 1.52. The highest BCUT2D eigenvalue weighted by molar-refractivity contribution is 9.09. The maximum Gasteiger partial charge on any atom is 0.231 e. The van der Waals surface area contributed by atoms with Gasteiger partial charge in [0.25, 0.3) is 0 Å². The molecule has 1 aromatic rings. The van der Waals surface area contributed by atoms with Crippen LogP contribution in [0.2, 0.25) is 0 Å². The fourth-order valence-corrected chi connectivity index (χ4v) is 2.40. The summed E-state index contributed by atoms with van der Waals surface area (Å²) < 4.78 is 65.3. The van der Waals surface area contributed by atoms with Crippen LogP contribution in [0.1, 0.15) is 13.3 Å². The molecule has 0 aliphatic heterocycles. The molecule has 1 aromatic carbocycles. The molecular weight excluding hydrogens is 337 g/mol.